The Morgan fingerprint density at radius 2 is 1.85 bits per heavy atom. The summed E-state index contributed by atoms with van der Waals surface area (Å²) in [7, 11) is 1.93. The Bertz CT molecular complexity index is 895. The number of nitrogens with zero attached hydrogens (tertiary/aromatic N) is 3. The summed E-state index contributed by atoms with van der Waals surface area (Å²) < 4.78 is 15.3. The van der Waals surface area contributed by atoms with E-state index in [1.807, 2.05) is 23.7 Å². The van der Waals surface area contributed by atoms with E-state index in [1.54, 1.807) is 24.5 Å². The van der Waals surface area contributed by atoms with Gasteiger partial charge in [0.05, 0.1) is 11.4 Å². The van der Waals surface area contributed by atoms with Gasteiger partial charge in [-0.2, -0.15) is 0 Å². The minimum Gasteiger partial charge on any atom is -0.481 e. The summed E-state index contributed by atoms with van der Waals surface area (Å²) in [5, 5.41) is 9.56. The van der Waals surface area contributed by atoms with Gasteiger partial charge in [-0.3, -0.25) is 9.78 Å². The summed E-state index contributed by atoms with van der Waals surface area (Å²) in [6, 6.07) is 10.1. The van der Waals surface area contributed by atoms with Crippen LogP contribution in [0.4, 0.5) is 4.39 Å². The zero-order chi connectivity index (χ0) is 18.5. The number of benzene rings is 1. The summed E-state index contributed by atoms with van der Waals surface area (Å²) >= 11 is 1.52. The van der Waals surface area contributed by atoms with Crippen LogP contribution in [-0.2, 0) is 11.8 Å². The molecular formula is C19H18FN3O2S. The van der Waals surface area contributed by atoms with E-state index in [4.69, 9.17) is 10.1 Å². The van der Waals surface area contributed by atoms with E-state index in [1.165, 1.54) is 23.9 Å². The topological polar surface area (TPSA) is 68.0 Å². The number of halogens is 1. The van der Waals surface area contributed by atoms with Gasteiger partial charge in [0.15, 0.2) is 5.16 Å². The number of carboxylic acids is 1. The van der Waals surface area contributed by atoms with Crippen LogP contribution in [0.15, 0.2) is 53.9 Å². The van der Waals surface area contributed by atoms with Crippen LogP contribution in [0.5, 0.6) is 0 Å². The van der Waals surface area contributed by atoms with Crippen LogP contribution >= 0.6 is 11.8 Å². The zero-order valence-corrected chi connectivity index (χ0v) is 15.0. The number of aliphatic carboxylic acids is 1. The molecule has 0 fully saturated rings. The number of pyridine rings is 1. The summed E-state index contributed by atoms with van der Waals surface area (Å²) in [5.74, 6) is -0.427. The minimum atomic E-state index is -0.796. The molecule has 5 nitrogen and oxygen atoms in total. The van der Waals surface area contributed by atoms with Crippen LogP contribution in [0.3, 0.4) is 0 Å². The van der Waals surface area contributed by atoms with Gasteiger partial charge < -0.3 is 9.67 Å². The third-order valence-corrected chi connectivity index (χ3v) is 5.01. The smallest absolute Gasteiger partial charge is 0.303 e. The summed E-state index contributed by atoms with van der Waals surface area (Å²) in [6.07, 6.45) is 4.15. The second-order valence-electron chi connectivity index (χ2n) is 5.74. The maximum absolute atomic E-state index is 13.3. The quantitative estimate of drug-likeness (QED) is 0.497. The lowest BCUT2D eigenvalue weighted by atomic mass is 10.1. The lowest BCUT2D eigenvalue weighted by Gasteiger charge is -2.07. The predicted octanol–water partition coefficient (Wildman–Crippen LogP) is 4.25. The Labute approximate surface area is 154 Å². The Morgan fingerprint density at radius 3 is 2.50 bits per heavy atom. The van der Waals surface area contributed by atoms with Crippen molar-refractivity contribution in [3.63, 3.8) is 0 Å². The second-order valence-corrected chi connectivity index (χ2v) is 6.80. The van der Waals surface area contributed by atoms with Gasteiger partial charge in [-0.25, -0.2) is 9.37 Å². The van der Waals surface area contributed by atoms with Crippen molar-refractivity contribution in [1.82, 2.24) is 14.5 Å². The van der Waals surface area contributed by atoms with Crippen molar-refractivity contribution < 1.29 is 14.3 Å². The van der Waals surface area contributed by atoms with Gasteiger partial charge >= 0.3 is 5.97 Å². The molecule has 2 aromatic heterocycles. The molecule has 3 rings (SSSR count). The lowest BCUT2D eigenvalue weighted by molar-refractivity contribution is -0.137. The van der Waals surface area contributed by atoms with E-state index in [0.717, 1.165) is 27.7 Å². The predicted molar refractivity (Wildman–Crippen MR) is 99.4 cm³/mol. The molecule has 3 aromatic rings. The average Bonchev–Trinajstić information content (AvgIpc) is 2.96. The summed E-state index contributed by atoms with van der Waals surface area (Å²) in [4.78, 5) is 19.5. The Hall–Kier alpha value is -2.67. The van der Waals surface area contributed by atoms with Gasteiger partial charge in [-0.1, -0.05) is 11.8 Å². The van der Waals surface area contributed by atoms with Crippen molar-refractivity contribution in [2.24, 2.45) is 7.05 Å². The van der Waals surface area contributed by atoms with Gasteiger partial charge in [0.2, 0.25) is 0 Å². The first-order chi connectivity index (χ1) is 12.6. The Kier molecular flexibility index (Phi) is 5.68. The highest BCUT2D eigenvalue weighted by Gasteiger charge is 2.18. The van der Waals surface area contributed by atoms with Crippen LogP contribution in [-0.4, -0.2) is 31.4 Å². The number of rotatable bonds is 7. The number of aromatic nitrogens is 3. The Morgan fingerprint density at radius 1 is 1.15 bits per heavy atom. The summed E-state index contributed by atoms with van der Waals surface area (Å²) in [6.45, 7) is 0. The van der Waals surface area contributed by atoms with E-state index < -0.39 is 5.97 Å². The van der Waals surface area contributed by atoms with Crippen molar-refractivity contribution >= 4 is 17.7 Å². The maximum atomic E-state index is 13.3. The molecule has 134 valence electrons. The van der Waals surface area contributed by atoms with Crippen LogP contribution in [0, 0.1) is 5.82 Å². The molecule has 0 aliphatic carbocycles. The molecule has 2 heterocycles. The van der Waals surface area contributed by atoms with E-state index in [2.05, 4.69) is 4.98 Å². The van der Waals surface area contributed by atoms with Gasteiger partial charge in [0, 0.05) is 42.7 Å². The minimum absolute atomic E-state index is 0.138. The third kappa shape index (κ3) is 4.11. The average molecular weight is 371 g/mol. The largest absolute Gasteiger partial charge is 0.481 e. The molecule has 0 aliphatic rings. The third-order valence-electron chi connectivity index (χ3n) is 3.89. The number of carbonyl (C=O) groups is 1. The normalized spacial score (nSPS) is 10.8. The molecule has 1 N–H and O–H groups in total. The second kappa shape index (κ2) is 8.14. The number of carboxylic acid groups (broad SMARTS) is 1. The molecule has 26 heavy (non-hydrogen) atoms. The van der Waals surface area contributed by atoms with E-state index in [-0.39, 0.29) is 12.2 Å². The highest BCUT2D eigenvalue weighted by Crippen LogP contribution is 2.35. The first-order valence-electron chi connectivity index (χ1n) is 8.14. The maximum Gasteiger partial charge on any atom is 0.303 e. The molecule has 0 amide bonds. The fourth-order valence-electron chi connectivity index (χ4n) is 2.64. The first-order valence-corrected chi connectivity index (χ1v) is 9.12. The van der Waals surface area contributed by atoms with Gasteiger partial charge in [0.1, 0.15) is 5.82 Å². The zero-order valence-electron chi connectivity index (χ0n) is 14.2. The molecule has 7 heteroatoms. The molecular weight excluding hydrogens is 353 g/mol. The molecule has 0 saturated heterocycles. The van der Waals surface area contributed by atoms with E-state index >= 15 is 0 Å². The molecule has 1 aromatic carbocycles. The molecule has 0 radical (unpaired) electrons. The van der Waals surface area contributed by atoms with E-state index in [9.17, 15) is 9.18 Å². The molecule has 0 aliphatic heterocycles. The SMILES string of the molecule is Cn1c(SCCCC(=O)O)nc(-c2ccc(F)cc2)c1-c1ccncc1. The standard InChI is InChI=1S/C19H18FN3O2S/c1-23-18(14-8-10-21-11-9-14)17(13-4-6-15(20)7-5-13)22-19(23)26-12-2-3-16(24)25/h4-11H,2-3,12H2,1H3,(H,24,25). The van der Waals surface area contributed by atoms with Crippen LogP contribution in [0.25, 0.3) is 22.5 Å². The van der Waals surface area contributed by atoms with Crippen LogP contribution < -0.4 is 0 Å². The van der Waals surface area contributed by atoms with Crippen molar-refractivity contribution in [3.8, 4) is 22.5 Å². The van der Waals surface area contributed by atoms with Crippen molar-refractivity contribution in [3.05, 3.63) is 54.6 Å². The molecule has 0 spiro atoms. The van der Waals surface area contributed by atoms with Gasteiger partial charge in [-0.05, 0) is 42.8 Å². The van der Waals surface area contributed by atoms with Crippen molar-refractivity contribution in [1.29, 1.82) is 0 Å². The highest BCUT2D eigenvalue weighted by molar-refractivity contribution is 7.99. The summed E-state index contributed by atoms with van der Waals surface area (Å²) in [5.41, 5.74) is 3.47. The van der Waals surface area contributed by atoms with Crippen molar-refractivity contribution in [2.75, 3.05) is 5.75 Å². The number of hydrogen-bond donors (Lipinski definition) is 1. The number of hydrogen-bond acceptors (Lipinski definition) is 4. The van der Waals surface area contributed by atoms with Crippen LogP contribution in [0.2, 0.25) is 0 Å². The fourth-order valence-corrected chi connectivity index (χ4v) is 3.56. The van der Waals surface area contributed by atoms with Gasteiger partial charge in [0.25, 0.3) is 0 Å². The molecule has 0 saturated carbocycles. The number of imidazole rings is 1. The Balaban J connectivity index is 1.97. The fraction of sp³-hybridized carbons (Fsp3) is 0.211. The highest BCUT2D eigenvalue weighted by atomic mass is 32.2. The monoisotopic (exact) mass is 371 g/mol. The lowest BCUT2D eigenvalue weighted by Crippen LogP contribution is -1.97. The van der Waals surface area contributed by atoms with E-state index in [0.29, 0.717) is 12.2 Å². The van der Waals surface area contributed by atoms with Crippen molar-refractivity contribution in [2.45, 2.75) is 18.0 Å². The van der Waals surface area contributed by atoms with Gasteiger partial charge in [-0.15, -0.1) is 0 Å². The molecule has 0 unspecified atom stereocenters. The van der Waals surface area contributed by atoms with Crippen LogP contribution in [0.1, 0.15) is 12.8 Å². The first kappa shape index (κ1) is 18.1. The molecule has 0 bridgehead atoms. The number of thioether (sulfide) groups is 1. The molecule has 0 atom stereocenters.